The Morgan fingerprint density at radius 3 is 2.00 bits per heavy atom. The van der Waals surface area contributed by atoms with Gasteiger partial charge >= 0.3 is 0 Å². The molecule has 0 saturated carbocycles. The molecule has 0 aromatic heterocycles. The van der Waals surface area contributed by atoms with E-state index in [9.17, 15) is 10.2 Å². The van der Waals surface area contributed by atoms with Crippen LogP contribution >= 0.6 is 0 Å². The van der Waals surface area contributed by atoms with E-state index in [1.54, 1.807) is 24.3 Å². The van der Waals surface area contributed by atoms with Crippen molar-refractivity contribution in [3.63, 3.8) is 0 Å². The fourth-order valence-corrected chi connectivity index (χ4v) is 3.17. The average molecular weight is 359 g/mol. The highest BCUT2D eigenvalue weighted by atomic mass is 16.3. The maximum absolute atomic E-state index is 9.58. The van der Waals surface area contributed by atoms with E-state index >= 15 is 0 Å². The number of para-hydroxylation sites is 1. The van der Waals surface area contributed by atoms with Crippen molar-refractivity contribution < 1.29 is 10.2 Å². The van der Waals surface area contributed by atoms with Crippen LogP contribution in [0.2, 0.25) is 0 Å². The summed E-state index contributed by atoms with van der Waals surface area (Å²) in [4.78, 5) is 2.24. The maximum atomic E-state index is 9.58. The molecule has 0 fully saturated rings. The lowest BCUT2D eigenvalue weighted by Crippen LogP contribution is -2.34. The molecular weight excluding hydrogens is 338 g/mol. The number of hydrogen-bond donors (Lipinski definition) is 2. The summed E-state index contributed by atoms with van der Waals surface area (Å²) in [6.07, 6.45) is 0.773. The van der Waals surface area contributed by atoms with Crippen molar-refractivity contribution in [1.82, 2.24) is 0 Å². The van der Waals surface area contributed by atoms with Crippen LogP contribution in [0, 0.1) is 0 Å². The van der Waals surface area contributed by atoms with Crippen molar-refractivity contribution in [2.24, 2.45) is 5.10 Å². The number of anilines is 2. The Morgan fingerprint density at radius 1 is 0.704 bits per heavy atom. The van der Waals surface area contributed by atoms with Crippen LogP contribution in [0.1, 0.15) is 12.0 Å². The molecule has 0 spiro atoms. The summed E-state index contributed by atoms with van der Waals surface area (Å²) in [5.74, 6) is 0.508. The van der Waals surface area contributed by atoms with E-state index in [0.29, 0.717) is 6.67 Å². The minimum absolute atomic E-state index is 0.249. The first-order valence-electron chi connectivity index (χ1n) is 8.92. The quantitative estimate of drug-likeness (QED) is 0.737. The van der Waals surface area contributed by atoms with E-state index in [0.717, 1.165) is 35.6 Å². The zero-order chi connectivity index (χ0) is 18.6. The first kappa shape index (κ1) is 17.0. The SMILES string of the molecule is Oc1ccc(C2=NN(c3ccccc3)CN(c3ccc(O)cc3)CC2)cc1. The predicted octanol–water partition coefficient (Wildman–Crippen LogP) is 4.18. The Hall–Kier alpha value is -3.47. The first-order valence-corrected chi connectivity index (χ1v) is 8.92. The molecule has 0 radical (unpaired) electrons. The summed E-state index contributed by atoms with van der Waals surface area (Å²) < 4.78 is 0. The van der Waals surface area contributed by atoms with E-state index in [1.165, 1.54) is 0 Å². The van der Waals surface area contributed by atoms with Crippen LogP contribution in [0.25, 0.3) is 0 Å². The topological polar surface area (TPSA) is 59.3 Å². The van der Waals surface area contributed by atoms with Gasteiger partial charge in [0.25, 0.3) is 0 Å². The van der Waals surface area contributed by atoms with Crippen LogP contribution in [0.5, 0.6) is 11.5 Å². The molecule has 3 aromatic carbocycles. The number of benzene rings is 3. The van der Waals surface area contributed by atoms with Gasteiger partial charge in [0, 0.05) is 18.7 Å². The predicted molar refractivity (Wildman–Crippen MR) is 109 cm³/mol. The van der Waals surface area contributed by atoms with Crippen LogP contribution in [0.3, 0.4) is 0 Å². The fourth-order valence-electron chi connectivity index (χ4n) is 3.17. The molecule has 136 valence electrons. The normalized spacial score (nSPS) is 14.6. The third-order valence-electron chi connectivity index (χ3n) is 4.63. The Morgan fingerprint density at radius 2 is 1.33 bits per heavy atom. The molecule has 0 unspecified atom stereocenters. The summed E-state index contributed by atoms with van der Waals surface area (Å²) in [5.41, 5.74) is 4.02. The summed E-state index contributed by atoms with van der Waals surface area (Å²) in [5, 5.41) is 26.1. The maximum Gasteiger partial charge on any atom is 0.115 e. The molecule has 0 atom stereocenters. The number of phenolic OH excluding ortho intramolecular Hbond substituents is 2. The van der Waals surface area contributed by atoms with Gasteiger partial charge in [-0.2, -0.15) is 5.10 Å². The van der Waals surface area contributed by atoms with Crippen LogP contribution in [0.4, 0.5) is 11.4 Å². The zero-order valence-corrected chi connectivity index (χ0v) is 14.9. The van der Waals surface area contributed by atoms with E-state index in [-0.39, 0.29) is 11.5 Å². The second kappa shape index (κ2) is 7.41. The highest BCUT2D eigenvalue weighted by molar-refractivity contribution is 6.01. The molecular formula is C22H21N3O2. The van der Waals surface area contributed by atoms with Crippen molar-refractivity contribution in [2.45, 2.75) is 6.42 Å². The van der Waals surface area contributed by atoms with Gasteiger partial charge in [-0.05, 0) is 66.2 Å². The van der Waals surface area contributed by atoms with E-state index in [2.05, 4.69) is 4.90 Å². The molecule has 5 nitrogen and oxygen atoms in total. The van der Waals surface area contributed by atoms with Crippen LogP contribution < -0.4 is 9.91 Å². The highest BCUT2D eigenvalue weighted by Crippen LogP contribution is 2.25. The Bertz CT molecular complexity index is 922. The molecule has 0 aliphatic carbocycles. The molecule has 1 heterocycles. The van der Waals surface area contributed by atoms with Crippen molar-refractivity contribution in [1.29, 1.82) is 0 Å². The van der Waals surface area contributed by atoms with Gasteiger partial charge in [0.15, 0.2) is 0 Å². The largest absolute Gasteiger partial charge is 0.508 e. The summed E-state index contributed by atoms with van der Waals surface area (Å²) >= 11 is 0. The second-order valence-corrected chi connectivity index (χ2v) is 6.50. The molecule has 1 aliphatic heterocycles. The van der Waals surface area contributed by atoms with Crippen LogP contribution in [-0.2, 0) is 0 Å². The van der Waals surface area contributed by atoms with Gasteiger partial charge in [-0.15, -0.1) is 0 Å². The van der Waals surface area contributed by atoms with Gasteiger partial charge in [-0.25, -0.2) is 5.01 Å². The van der Waals surface area contributed by atoms with Crippen molar-refractivity contribution in [3.8, 4) is 11.5 Å². The van der Waals surface area contributed by atoms with Gasteiger partial charge < -0.3 is 15.1 Å². The van der Waals surface area contributed by atoms with Crippen molar-refractivity contribution in [2.75, 3.05) is 23.1 Å². The Balaban J connectivity index is 1.69. The smallest absolute Gasteiger partial charge is 0.115 e. The van der Waals surface area contributed by atoms with Crippen LogP contribution in [-0.4, -0.2) is 29.1 Å². The van der Waals surface area contributed by atoms with Gasteiger partial charge in [0.05, 0.1) is 11.4 Å². The summed E-state index contributed by atoms with van der Waals surface area (Å²) in [6.45, 7) is 1.41. The van der Waals surface area contributed by atoms with E-state index in [4.69, 9.17) is 5.10 Å². The molecule has 1 aliphatic rings. The highest BCUT2D eigenvalue weighted by Gasteiger charge is 2.19. The third-order valence-corrected chi connectivity index (χ3v) is 4.63. The Labute approximate surface area is 158 Å². The summed E-state index contributed by atoms with van der Waals surface area (Å²) in [6, 6.07) is 24.5. The minimum atomic E-state index is 0.249. The number of rotatable bonds is 3. The molecule has 27 heavy (non-hydrogen) atoms. The van der Waals surface area contributed by atoms with Crippen LogP contribution in [0.15, 0.2) is 84.0 Å². The third kappa shape index (κ3) is 3.87. The fraction of sp³-hybridized carbons (Fsp3) is 0.136. The summed E-state index contributed by atoms with van der Waals surface area (Å²) in [7, 11) is 0. The zero-order valence-electron chi connectivity index (χ0n) is 14.9. The van der Waals surface area contributed by atoms with Gasteiger partial charge in [-0.1, -0.05) is 18.2 Å². The first-order chi connectivity index (χ1) is 13.2. The van der Waals surface area contributed by atoms with Crippen molar-refractivity contribution >= 4 is 17.1 Å². The van der Waals surface area contributed by atoms with E-state index < -0.39 is 0 Å². The minimum Gasteiger partial charge on any atom is -0.508 e. The number of nitrogens with zero attached hydrogens (tertiary/aromatic N) is 3. The average Bonchev–Trinajstić information content (AvgIpc) is 2.93. The number of hydrazone groups is 1. The molecule has 0 saturated heterocycles. The Kier molecular flexibility index (Phi) is 4.66. The lowest BCUT2D eigenvalue weighted by Gasteiger charge is -2.28. The molecule has 0 amide bonds. The molecule has 4 rings (SSSR count). The van der Waals surface area contributed by atoms with Gasteiger partial charge in [-0.3, -0.25) is 0 Å². The molecule has 2 N–H and O–H groups in total. The van der Waals surface area contributed by atoms with Crippen molar-refractivity contribution in [3.05, 3.63) is 84.4 Å². The molecule has 3 aromatic rings. The van der Waals surface area contributed by atoms with Gasteiger partial charge in [0.1, 0.15) is 18.2 Å². The monoisotopic (exact) mass is 359 g/mol. The molecule has 0 bridgehead atoms. The lowest BCUT2D eigenvalue weighted by molar-refractivity contribution is 0.474. The molecule has 5 heteroatoms. The number of phenols is 2. The second-order valence-electron chi connectivity index (χ2n) is 6.50. The van der Waals surface area contributed by atoms with Gasteiger partial charge in [0.2, 0.25) is 0 Å². The standard InChI is InChI=1S/C22H21N3O2/c26-20-10-6-17(7-11-20)22-14-15-24(18-8-12-21(27)13-9-18)16-25(23-22)19-4-2-1-3-5-19/h1-13,26-27H,14-16H2. The number of aromatic hydroxyl groups is 2. The number of hydrogen-bond acceptors (Lipinski definition) is 5. The van der Waals surface area contributed by atoms with E-state index in [1.807, 2.05) is 59.6 Å². The lowest BCUT2D eigenvalue weighted by atomic mass is 10.1.